The van der Waals surface area contributed by atoms with E-state index in [2.05, 4.69) is 0 Å². The number of aliphatic hydroxyl groups is 12. The first-order valence-corrected chi connectivity index (χ1v) is 17.1. The molecule has 3 aliphatic heterocycles. The maximum absolute atomic E-state index is 13.6. The highest BCUT2D eigenvalue weighted by Gasteiger charge is 2.51. The number of aromatic hydroxyl groups is 2. The Hall–Kier alpha value is -3.79. The second-order valence-corrected chi connectivity index (χ2v) is 13.3. The van der Waals surface area contributed by atoms with Gasteiger partial charge in [0.2, 0.25) is 18.0 Å². The summed E-state index contributed by atoms with van der Waals surface area (Å²) in [5.41, 5.74) is -1.66. The van der Waals surface area contributed by atoms with Gasteiger partial charge in [-0.2, -0.15) is 0 Å². The second-order valence-electron chi connectivity index (χ2n) is 13.3. The van der Waals surface area contributed by atoms with E-state index in [1.807, 2.05) is 0 Å². The Morgan fingerprint density at radius 3 is 1.71 bits per heavy atom. The predicted molar refractivity (Wildman–Crippen MR) is 179 cm³/mol. The maximum atomic E-state index is 13.6. The van der Waals surface area contributed by atoms with E-state index in [1.165, 1.54) is 6.07 Å². The molecule has 15 atom stereocenters. The average Bonchev–Trinajstić information content (AvgIpc) is 3.18. The topological polar surface area (TPSA) is 369 Å². The Morgan fingerprint density at radius 2 is 1.14 bits per heavy atom. The third-order valence-corrected chi connectivity index (χ3v) is 9.73. The number of hydrogen-bond donors (Lipinski definition) is 14. The summed E-state index contributed by atoms with van der Waals surface area (Å²) in [6.07, 6.45) is -25.8. The van der Waals surface area contributed by atoms with E-state index in [-0.39, 0.29) is 34.0 Å². The van der Waals surface area contributed by atoms with Gasteiger partial charge in [0.1, 0.15) is 95.4 Å². The van der Waals surface area contributed by atoms with Gasteiger partial charge in [-0.05, 0) is 18.2 Å². The number of hydrogen-bond acceptors (Lipinski definition) is 22. The van der Waals surface area contributed by atoms with E-state index >= 15 is 0 Å². The van der Waals surface area contributed by atoms with Crippen molar-refractivity contribution >= 4 is 11.0 Å². The third-order valence-electron chi connectivity index (χ3n) is 9.73. The number of ether oxygens (including phenoxy) is 6. The van der Waals surface area contributed by atoms with Crippen molar-refractivity contribution in [1.82, 2.24) is 0 Å². The molecule has 1 aromatic heterocycles. The van der Waals surface area contributed by atoms with Crippen LogP contribution in [0.1, 0.15) is 5.56 Å². The van der Waals surface area contributed by atoms with Crippen molar-refractivity contribution in [3.63, 3.8) is 0 Å². The third kappa shape index (κ3) is 7.76. The first-order chi connectivity index (χ1) is 26.6. The first-order valence-electron chi connectivity index (χ1n) is 17.1. The lowest BCUT2D eigenvalue weighted by molar-refractivity contribution is -0.357. The van der Waals surface area contributed by atoms with Gasteiger partial charge in [-0.1, -0.05) is 0 Å². The highest BCUT2D eigenvalue weighted by molar-refractivity contribution is 5.87. The molecule has 3 saturated heterocycles. The molecule has 22 nitrogen and oxygen atoms in total. The van der Waals surface area contributed by atoms with Crippen molar-refractivity contribution in [3.8, 4) is 34.3 Å². The summed E-state index contributed by atoms with van der Waals surface area (Å²) in [5.74, 6) is -2.32. The molecule has 6 rings (SSSR count). The van der Waals surface area contributed by atoms with Gasteiger partial charge in [0.25, 0.3) is 0 Å². The molecule has 0 bridgehead atoms. The van der Waals surface area contributed by atoms with Gasteiger partial charge < -0.3 is 104 Å². The zero-order chi connectivity index (χ0) is 40.7. The second kappa shape index (κ2) is 17.0. The number of fused-ring (bicyclic) bond motifs is 1. The van der Waals surface area contributed by atoms with E-state index in [0.29, 0.717) is 0 Å². The maximum Gasteiger partial charge on any atom is 0.229 e. The molecule has 4 heterocycles. The lowest BCUT2D eigenvalue weighted by Crippen LogP contribution is -2.65. The van der Waals surface area contributed by atoms with Crippen LogP contribution in [0.3, 0.4) is 0 Å². The summed E-state index contributed by atoms with van der Waals surface area (Å²) in [4.78, 5) is 13.6. The minimum Gasteiger partial charge on any atom is -0.507 e. The average molecular weight is 803 g/mol. The van der Waals surface area contributed by atoms with E-state index in [0.717, 1.165) is 24.3 Å². The molecule has 14 N–H and O–H groups in total. The molecule has 0 saturated carbocycles. The fourth-order valence-electron chi connectivity index (χ4n) is 6.57. The summed E-state index contributed by atoms with van der Waals surface area (Å²) >= 11 is 0. The van der Waals surface area contributed by atoms with Crippen LogP contribution in [0.25, 0.3) is 22.3 Å². The van der Waals surface area contributed by atoms with Crippen LogP contribution in [-0.4, -0.2) is 183 Å². The summed E-state index contributed by atoms with van der Waals surface area (Å²) < 4.78 is 39.2. The summed E-state index contributed by atoms with van der Waals surface area (Å²) in [7, 11) is 0. The molecule has 2 aromatic carbocycles. The van der Waals surface area contributed by atoms with Gasteiger partial charge in [0.15, 0.2) is 23.9 Å². The van der Waals surface area contributed by atoms with Crippen molar-refractivity contribution in [2.45, 2.75) is 98.7 Å². The van der Waals surface area contributed by atoms with Gasteiger partial charge in [-0.3, -0.25) is 4.79 Å². The summed E-state index contributed by atoms with van der Waals surface area (Å²) in [5, 5.41) is 143. The normalized spacial score (nSPS) is 36.4. The Kier molecular flexibility index (Phi) is 12.7. The molecule has 0 radical (unpaired) electrons. The fourth-order valence-corrected chi connectivity index (χ4v) is 6.57. The van der Waals surface area contributed by atoms with Crippen LogP contribution in [0.5, 0.6) is 23.0 Å². The Morgan fingerprint density at radius 1 is 0.589 bits per heavy atom. The Bertz CT molecular complexity index is 1880. The van der Waals surface area contributed by atoms with Gasteiger partial charge >= 0.3 is 0 Å². The summed E-state index contributed by atoms with van der Waals surface area (Å²) in [6, 6.07) is 5.47. The predicted octanol–water partition coefficient (Wildman–Crippen LogP) is -5.45. The molecule has 56 heavy (non-hydrogen) atoms. The molecule has 0 aliphatic carbocycles. The quantitative estimate of drug-likeness (QED) is 0.0860. The Balaban J connectivity index is 1.31. The van der Waals surface area contributed by atoms with Crippen LogP contribution < -0.4 is 14.9 Å². The number of phenolic OH excluding ortho intramolecular Hbond substituents is 2. The number of phenols is 2. The van der Waals surface area contributed by atoms with Crippen molar-refractivity contribution in [3.05, 3.63) is 46.1 Å². The van der Waals surface area contributed by atoms with Crippen LogP contribution >= 0.6 is 0 Å². The SMILES string of the molecule is O=c1c(CO)c(-c2ccc(OC3OC(CO)C(O)C(O)C3O)c(O)c2)oc2cc(OC3OC(CO)C(O)C(O)C3OC3OC(CO)C(O)C(O)C3O)cc(O)c12. The highest BCUT2D eigenvalue weighted by Crippen LogP contribution is 2.39. The minimum absolute atomic E-state index is 0.0241. The smallest absolute Gasteiger partial charge is 0.229 e. The van der Waals surface area contributed by atoms with Gasteiger partial charge in [-0.25, -0.2) is 0 Å². The zero-order valence-electron chi connectivity index (χ0n) is 28.9. The molecule has 3 fully saturated rings. The Labute approximate surface area is 314 Å². The molecule has 3 aromatic rings. The number of rotatable bonds is 11. The van der Waals surface area contributed by atoms with E-state index in [9.17, 15) is 76.3 Å². The molecule has 15 unspecified atom stereocenters. The van der Waals surface area contributed by atoms with Crippen molar-refractivity contribution in [1.29, 1.82) is 0 Å². The molecular formula is C34H42O22. The van der Waals surface area contributed by atoms with Crippen molar-refractivity contribution in [2.75, 3.05) is 19.8 Å². The van der Waals surface area contributed by atoms with E-state index in [4.69, 9.17) is 32.8 Å². The van der Waals surface area contributed by atoms with Gasteiger partial charge in [0.05, 0.1) is 32.0 Å². The van der Waals surface area contributed by atoms with E-state index in [1.54, 1.807) is 0 Å². The van der Waals surface area contributed by atoms with Crippen molar-refractivity contribution < 1.29 is 104 Å². The van der Waals surface area contributed by atoms with Crippen LogP contribution in [0.15, 0.2) is 39.5 Å². The van der Waals surface area contributed by atoms with E-state index < -0.39 is 141 Å². The number of benzene rings is 2. The molecule has 3 aliphatic rings. The molecule has 22 heteroatoms. The zero-order valence-corrected chi connectivity index (χ0v) is 28.9. The van der Waals surface area contributed by atoms with Gasteiger partial charge in [0, 0.05) is 17.7 Å². The van der Waals surface area contributed by atoms with Gasteiger partial charge in [-0.15, -0.1) is 0 Å². The van der Waals surface area contributed by atoms with Crippen molar-refractivity contribution in [2.24, 2.45) is 0 Å². The lowest BCUT2D eigenvalue weighted by atomic mass is 9.97. The van der Waals surface area contributed by atoms with Crippen LogP contribution in [0.2, 0.25) is 0 Å². The highest BCUT2D eigenvalue weighted by atomic mass is 16.8. The standard InChI is InChI=1S/C34H42O22/c35-6-12-21(41)20-14(40)4-11(50-34-31(27(47)24(44)19(9-38)55-34)56-33-29(49)26(46)23(43)18(8-37)54-33)5-16(20)51-30(12)10-1-2-15(13(39)3-10)52-32-28(48)25(45)22(42)17(7-36)53-32/h1-5,17-19,22-29,31-40,42-49H,6-9H2. The first kappa shape index (κ1) is 41.8. The fraction of sp³-hybridized carbons (Fsp3) is 0.559. The van der Waals surface area contributed by atoms with Crippen LogP contribution in [-0.2, 0) is 25.6 Å². The monoisotopic (exact) mass is 802 g/mol. The summed E-state index contributed by atoms with van der Waals surface area (Å²) in [6.45, 7) is -3.30. The van der Waals surface area contributed by atoms with Crippen LogP contribution in [0, 0.1) is 0 Å². The minimum atomic E-state index is -1.95. The number of aliphatic hydroxyl groups excluding tert-OH is 12. The largest absolute Gasteiger partial charge is 0.507 e. The molecule has 0 spiro atoms. The lowest BCUT2D eigenvalue weighted by Gasteiger charge is -2.45. The van der Waals surface area contributed by atoms with Crippen LogP contribution in [0.4, 0.5) is 0 Å². The molecule has 0 amide bonds. The molecular weight excluding hydrogens is 760 g/mol. The molecule has 310 valence electrons.